The average molecular weight is 389 g/mol. The molecule has 2 aromatic heterocycles. The fraction of sp³-hybridized carbons (Fsp3) is 0.208. The maximum atomic E-state index is 12.6. The minimum Gasteiger partial charge on any atom is -0.361 e. The molecule has 4 aromatic rings. The number of hydrogen-bond donors (Lipinski definition) is 2. The van der Waals surface area contributed by atoms with Crippen LogP contribution in [-0.2, 0) is 4.79 Å². The maximum absolute atomic E-state index is 12.6. The summed E-state index contributed by atoms with van der Waals surface area (Å²) in [6.07, 6.45) is 2.57. The first-order valence-electron chi connectivity index (χ1n) is 9.63. The molecule has 0 spiro atoms. The van der Waals surface area contributed by atoms with Gasteiger partial charge in [0, 0.05) is 40.9 Å². The quantitative estimate of drug-likeness (QED) is 0.421. The largest absolute Gasteiger partial charge is 0.361 e. The second kappa shape index (κ2) is 8.44. The van der Waals surface area contributed by atoms with E-state index >= 15 is 0 Å². The Balaban J connectivity index is 1.49. The van der Waals surface area contributed by atoms with Gasteiger partial charge in [-0.15, -0.1) is 11.3 Å². The average Bonchev–Trinajstić information content (AvgIpc) is 3.40. The third-order valence-electron chi connectivity index (χ3n) is 5.25. The van der Waals surface area contributed by atoms with E-state index in [1.807, 2.05) is 24.3 Å². The molecule has 0 saturated heterocycles. The van der Waals surface area contributed by atoms with E-state index in [0.717, 1.165) is 5.52 Å². The number of benzene rings is 2. The number of aromatic amines is 1. The van der Waals surface area contributed by atoms with Crippen molar-refractivity contribution in [3.05, 3.63) is 94.3 Å². The van der Waals surface area contributed by atoms with Gasteiger partial charge in [-0.2, -0.15) is 0 Å². The van der Waals surface area contributed by atoms with Crippen LogP contribution in [0.4, 0.5) is 0 Å². The molecule has 3 nitrogen and oxygen atoms in total. The van der Waals surface area contributed by atoms with Gasteiger partial charge in [0.15, 0.2) is 0 Å². The highest BCUT2D eigenvalue weighted by Gasteiger charge is 2.20. The zero-order valence-corrected chi connectivity index (χ0v) is 16.7. The topological polar surface area (TPSA) is 44.9 Å². The third-order valence-corrected chi connectivity index (χ3v) is 6.23. The van der Waals surface area contributed by atoms with E-state index in [1.165, 1.54) is 21.4 Å². The molecule has 0 aliphatic heterocycles. The van der Waals surface area contributed by atoms with E-state index in [4.69, 9.17) is 0 Å². The summed E-state index contributed by atoms with van der Waals surface area (Å²) in [6, 6.07) is 22.8. The van der Waals surface area contributed by atoms with Gasteiger partial charge in [-0.3, -0.25) is 4.79 Å². The van der Waals surface area contributed by atoms with Gasteiger partial charge in [0.2, 0.25) is 5.91 Å². The van der Waals surface area contributed by atoms with Crippen molar-refractivity contribution >= 4 is 28.1 Å². The first kappa shape index (κ1) is 18.5. The number of amides is 1. The van der Waals surface area contributed by atoms with Crippen molar-refractivity contribution in [2.24, 2.45) is 0 Å². The van der Waals surface area contributed by atoms with Gasteiger partial charge in [0.05, 0.1) is 0 Å². The molecule has 0 aliphatic rings. The molecule has 1 amide bonds. The van der Waals surface area contributed by atoms with E-state index in [2.05, 4.69) is 71.3 Å². The number of fused-ring (bicyclic) bond motifs is 1. The van der Waals surface area contributed by atoms with Crippen LogP contribution in [-0.4, -0.2) is 17.4 Å². The summed E-state index contributed by atoms with van der Waals surface area (Å²) in [5, 5.41) is 6.49. The van der Waals surface area contributed by atoms with E-state index in [1.54, 1.807) is 11.3 Å². The summed E-state index contributed by atoms with van der Waals surface area (Å²) >= 11 is 1.74. The third kappa shape index (κ3) is 4.02. The molecule has 2 heterocycles. The molecule has 0 bridgehead atoms. The Hall–Kier alpha value is -2.85. The van der Waals surface area contributed by atoms with Gasteiger partial charge in [0.25, 0.3) is 0 Å². The maximum Gasteiger partial charge on any atom is 0.220 e. The number of H-pyrrole nitrogens is 1. The Labute approximate surface area is 169 Å². The predicted molar refractivity (Wildman–Crippen MR) is 117 cm³/mol. The molecule has 142 valence electrons. The smallest absolute Gasteiger partial charge is 0.220 e. The molecule has 2 aromatic carbocycles. The van der Waals surface area contributed by atoms with Crippen LogP contribution in [0.3, 0.4) is 0 Å². The van der Waals surface area contributed by atoms with Crippen molar-refractivity contribution in [1.29, 1.82) is 0 Å². The molecule has 2 N–H and O–H groups in total. The minimum atomic E-state index is 0.0951. The number of carbonyl (C=O) groups excluding carboxylic acids is 1. The summed E-state index contributed by atoms with van der Waals surface area (Å²) in [7, 11) is 0. The fourth-order valence-electron chi connectivity index (χ4n) is 3.70. The number of thiophene rings is 1. The van der Waals surface area contributed by atoms with E-state index in [-0.39, 0.29) is 17.7 Å². The van der Waals surface area contributed by atoms with Gasteiger partial charge in [-0.25, -0.2) is 0 Å². The molecule has 0 aliphatic carbocycles. The van der Waals surface area contributed by atoms with E-state index in [0.29, 0.717) is 13.0 Å². The molecule has 0 fully saturated rings. The van der Waals surface area contributed by atoms with Crippen LogP contribution in [0.25, 0.3) is 10.9 Å². The van der Waals surface area contributed by atoms with Gasteiger partial charge >= 0.3 is 0 Å². The molecule has 2 atom stereocenters. The Bertz CT molecular complexity index is 1040. The van der Waals surface area contributed by atoms with Crippen LogP contribution in [0.15, 0.2) is 78.3 Å². The van der Waals surface area contributed by atoms with Crippen LogP contribution in [0.5, 0.6) is 0 Å². The number of hydrogen-bond acceptors (Lipinski definition) is 2. The molecule has 28 heavy (non-hydrogen) atoms. The van der Waals surface area contributed by atoms with Gasteiger partial charge in [-0.1, -0.05) is 61.5 Å². The number of rotatable bonds is 7. The zero-order chi connectivity index (χ0) is 19.3. The fourth-order valence-corrected chi connectivity index (χ4v) is 4.55. The summed E-state index contributed by atoms with van der Waals surface area (Å²) in [5.41, 5.74) is 3.56. The lowest BCUT2D eigenvalue weighted by molar-refractivity contribution is -0.121. The van der Waals surface area contributed by atoms with Crippen LogP contribution in [0.2, 0.25) is 0 Å². The Morgan fingerprint density at radius 3 is 2.61 bits per heavy atom. The molecule has 4 rings (SSSR count). The molecule has 0 saturated carbocycles. The van der Waals surface area contributed by atoms with Gasteiger partial charge in [0.1, 0.15) is 0 Å². The first-order valence-corrected chi connectivity index (χ1v) is 10.5. The lowest BCUT2D eigenvalue weighted by Crippen LogP contribution is -2.29. The lowest BCUT2D eigenvalue weighted by Gasteiger charge is -2.18. The Kier molecular flexibility index (Phi) is 5.58. The van der Waals surface area contributed by atoms with E-state index < -0.39 is 0 Å². The molecule has 0 radical (unpaired) electrons. The van der Waals surface area contributed by atoms with Crippen molar-refractivity contribution in [2.45, 2.75) is 25.2 Å². The van der Waals surface area contributed by atoms with Crippen molar-refractivity contribution in [1.82, 2.24) is 10.3 Å². The SMILES string of the molecule is C[C@@H](CC(=O)NC[C@H](c1cccs1)c1c[nH]c2ccccc12)c1ccccc1. The summed E-state index contributed by atoms with van der Waals surface area (Å²) in [6.45, 7) is 2.70. The van der Waals surface area contributed by atoms with Crippen molar-refractivity contribution in [3.63, 3.8) is 0 Å². The van der Waals surface area contributed by atoms with Crippen LogP contribution in [0.1, 0.15) is 41.2 Å². The number of aromatic nitrogens is 1. The predicted octanol–water partition coefficient (Wildman–Crippen LogP) is 5.67. The Morgan fingerprint density at radius 1 is 1.04 bits per heavy atom. The second-order valence-corrected chi connectivity index (χ2v) is 8.16. The monoisotopic (exact) mass is 388 g/mol. The summed E-state index contributed by atoms with van der Waals surface area (Å²) < 4.78 is 0. The minimum absolute atomic E-state index is 0.0951. The molecular weight excluding hydrogens is 364 g/mol. The molecule has 0 unspecified atom stereocenters. The lowest BCUT2D eigenvalue weighted by atomic mass is 9.95. The summed E-state index contributed by atoms with van der Waals surface area (Å²) in [4.78, 5) is 17.2. The van der Waals surface area contributed by atoms with Crippen LogP contribution < -0.4 is 5.32 Å². The number of para-hydroxylation sites is 1. The van der Waals surface area contributed by atoms with Crippen molar-refractivity contribution < 1.29 is 4.79 Å². The highest BCUT2D eigenvalue weighted by Crippen LogP contribution is 2.33. The number of carbonyl (C=O) groups is 1. The highest BCUT2D eigenvalue weighted by molar-refractivity contribution is 7.10. The second-order valence-electron chi connectivity index (χ2n) is 7.18. The number of nitrogens with one attached hydrogen (secondary N) is 2. The normalized spacial score (nSPS) is 13.3. The van der Waals surface area contributed by atoms with Crippen LogP contribution in [0, 0.1) is 0 Å². The standard InChI is InChI=1S/C24H24N2OS/c1-17(18-8-3-2-4-9-18)14-24(27)26-16-21(23-12-7-13-28-23)20-15-25-22-11-6-5-10-19(20)22/h2-13,15,17,21,25H,14,16H2,1H3,(H,26,27)/t17-,21-/m0/s1. The molecule has 4 heteroatoms. The van der Waals surface area contributed by atoms with Crippen molar-refractivity contribution in [2.75, 3.05) is 6.54 Å². The molecular formula is C24H24N2OS. The van der Waals surface area contributed by atoms with Gasteiger partial charge in [-0.05, 0) is 34.6 Å². The van der Waals surface area contributed by atoms with Crippen molar-refractivity contribution in [3.8, 4) is 0 Å². The van der Waals surface area contributed by atoms with Gasteiger partial charge < -0.3 is 10.3 Å². The Morgan fingerprint density at radius 2 is 1.82 bits per heavy atom. The zero-order valence-electron chi connectivity index (χ0n) is 15.9. The highest BCUT2D eigenvalue weighted by atomic mass is 32.1. The van der Waals surface area contributed by atoms with Crippen LogP contribution >= 0.6 is 11.3 Å². The summed E-state index contributed by atoms with van der Waals surface area (Å²) in [5.74, 6) is 0.444. The van der Waals surface area contributed by atoms with E-state index in [9.17, 15) is 4.79 Å². The first-order chi connectivity index (χ1) is 13.7.